The van der Waals surface area contributed by atoms with Gasteiger partial charge in [-0.05, 0) is 59.2 Å². The van der Waals surface area contributed by atoms with Crippen molar-refractivity contribution in [3.63, 3.8) is 0 Å². The van der Waals surface area contributed by atoms with E-state index in [1.807, 2.05) is 22.6 Å². The molecule has 0 heterocycles. The summed E-state index contributed by atoms with van der Waals surface area (Å²) < 4.78 is 13.4. The number of amides is 1. The summed E-state index contributed by atoms with van der Waals surface area (Å²) in [6.07, 6.45) is 1.47. The van der Waals surface area contributed by atoms with E-state index in [-0.39, 0.29) is 11.7 Å². The highest BCUT2D eigenvalue weighted by Crippen LogP contribution is 2.13. The smallest absolute Gasteiger partial charge is 0.252 e. The number of halogens is 2. The highest BCUT2D eigenvalue weighted by molar-refractivity contribution is 14.1. The molecule has 1 aromatic carbocycles. The molecule has 0 aromatic heterocycles. The lowest BCUT2D eigenvalue weighted by atomic mass is 10.2. The van der Waals surface area contributed by atoms with Crippen LogP contribution in [0.1, 0.15) is 23.2 Å². The van der Waals surface area contributed by atoms with Crippen LogP contribution in [0.5, 0.6) is 0 Å². The van der Waals surface area contributed by atoms with Gasteiger partial charge in [0.2, 0.25) is 0 Å². The Hall–Kier alpha value is -1.34. The van der Waals surface area contributed by atoms with Gasteiger partial charge in [-0.15, -0.1) is 0 Å². The largest absolute Gasteiger partial charge is 0.352 e. The van der Waals surface area contributed by atoms with E-state index in [9.17, 15) is 9.18 Å². The molecule has 1 aromatic rings. The Kier molecular flexibility index (Phi) is 6.45. The van der Waals surface area contributed by atoms with Crippen LogP contribution in [0.25, 0.3) is 10.4 Å². The molecule has 18 heavy (non-hydrogen) atoms. The van der Waals surface area contributed by atoms with E-state index in [4.69, 9.17) is 5.53 Å². The molecular formula is C11H12FIN4O. The van der Waals surface area contributed by atoms with Gasteiger partial charge in [-0.1, -0.05) is 5.11 Å². The summed E-state index contributed by atoms with van der Waals surface area (Å²) in [5, 5.41) is 6.13. The third-order valence-electron chi connectivity index (χ3n) is 2.21. The number of hydrogen-bond acceptors (Lipinski definition) is 2. The van der Waals surface area contributed by atoms with E-state index >= 15 is 0 Å². The van der Waals surface area contributed by atoms with Crippen molar-refractivity contribution < 1.29 is 9.18 Å². The Balaban J connectivity index is 2.38. The van der Waals surface area contributed by atoms with Crippen LogP contribution in [0.2, 0.25) is 0 Å². The number of nitrogens with one attached hydrogen (secondary N) is 1. The molecular weight excluding hydrogens is 350 g/mol. The Morgan fingerprint density at radius 3 is 2.94 bits per heavy atom. The normalized spacial score (nSPS) is 9.67. The number of nitrogens with zero attached hydrogens (tertiary/aromatic N) is 3. The van der Waals surface area contributed by atoms with Gasteiger partial charge in [0.1, 0.15) is 5.82 Å². The third kappa shape index (κ3) is 4.89. The molecule has 0 spiro atoms. The molecule has 0 aliphatic carbocycles. The van der Waals surface area contributed by atoms with Gasteiger partial charge in [-0.2, -0.15) is 0 Å². The van der Waals surface area contributed by atoms with Crippen LogP contribution >= 0.6 is 22.6 Å². The number of azide groups is 1. The first-order valence-electron chi connectivity index (χ1n) is 5.39. The number of benzene rings is 1. The first kappa shape index (κ1) is 14.7. The molecule has 0 fully saturated rings. The summed E-state index contributed by atoms with van der Waals surface area (Å²) in [4.78, 5) is 14.4. The second-order valence-corrected chi connectivity index (χ2v) is 4.70. The minimum Gasteiger partial charge on any atom is -0.352 e. The van der Waals surface area contributed by atoms with Crippen molar-refractivity contribution >= 4 is 28.5 Å². The van der Waals surface area contributed by atoms with Crippen molar-refractivity contribution in [1.82, 2.24) is 5.32 Å². The van der Waals surface area contributed by atoms with E-state index in [1.54, 1.807) is 0 Å². The van der Waals surface area contributed by atoms with Crippen molar-refractivity contribution in [2.24, 2.45) is 5.11 Å². The Bertz CT molecular complexity index is 474. The van der Waals surface area contributed by atoms with E-state index in [0.717, 1.165) is 12.8 Å². The van der Waals surface area contributed by atoms with Crippen LogP contribution in [-0.2, 0) is 0 Å². The molecule has 1 amide bonds. The first-order chi connectivity index (χ1) is 8.65. The first-order valence-corrected chi connectivity index (χ1v) is 6.47. The molecule has 1 N–H and O–H groups in total. The van der Waals surface area contributed by atoms with Gasteiger partial charge in [0.05, 0.1) is 5.56 Å². The molecule has 0 radical (unpaired) electrons. The number of rotatable bonds is 6. The molecule has 0 atom stereocenters. The molecule has 0 aliphatic heterocycles. The standard InChI is InChI=1S/C11H12FIN4O/c12-8-3-4-9(10(13)7-8)11(18)15-5-1-2-6-16-17-14/h3-4,7H,1-2,5-6H2,(H,15,18). The molecule has 0 bridgehead atoms. The van der Waals surface area contributed by atoms with Crippen LogP contribution in [-0.4, -0.2) is 19.0 Å². The maximum absolute atomic E-state index is 12.9. The van der Waals surface area contributed by atoms with Gasteiger partial charge >= 0.3 is 0 Å². The second kappa shape index (κ2) is 7.88. The Labute approximate surface area is 118 Å². The minimum atomic E-state index is -0.356. The highest BCUT2D eigenvalue weighted by atomic mass is 127. The number of carbonyl (C=O) groups is 1. The summed E-state index contributed by atoms with van der Waals surface area (Å²) in [7, 11) is 0. The highest BCUT2D eigenvalue weighted by Gasteiger charge is 2.09. The van der Waals surface area contributed by atoms with E-state index in [2.05, 4.69) is 15.3 Å². The number of hydrogen-bond donors (Lipinski definition) is 1. The van der Waals surface area contributed by atoms with E-state index in [0.29, 0.717) is 22.2 Å². The van der Waals surface area contributed by atoms with Crippen molar-refractivity contribution in [3.8, 4) is 0 Å². The van der Waals surface area contributed by atoms with E-state index < -0.39 is 0 Å². The number of unbranched alkanes of at least 4 members (excludes halogenated alkanes) is 1. The molecule has 5 nitrogen and oxygen atoms in total. The predicted molar refractivity (Wildman–Crippen MR) is 74.7 cm³/mol. The fourth-order valence-electron chi connectivity index (χ4n) is 1.32. The zero-order valence-corrected chi connectivity index (χ0v) is 11.7. The average Bonchev–Trinajstić information content (AvgIpc) is 2.33. The number of carbonyl (C=O) groups excluding carboxylic acids is 1. The molecule has 96 valence electrons. The van der Waals surface area contributed by atoms with Crippen molar-refractivity contribution in [2.45, 2.75) is 12.8 Å². The fraction of sp³-hybridized carbons (Fsp3) is 0.364. The lowest BCUT2D eigenvalue weighted by Gasteiger charge is -2.06. The summed E-state index contributed by atoms with van der Waals surface area (Å²) in [5.41, 5.74) is 8.53. The molecule has 7 heteroatoms. The van der Waals surface area contributed by atoms with Gasteiger partial charge in [0, 0.05) is 21.6 Å². The minimum absolute atomic E-state index is 0.219. The van der Waals surface area contributed by atoms with Crippen LogP contribution < -0.4 is 5.32 Å². The molecule has 1 rings (SSSR count). The lowest BCUT2D eigenvalue weighted by molar-refractivity contribution is 0.0952. The molecule has 0 aliphatic rings. The van der Waals surface area contributed by atoms with Crippen LogP contribution in [0.3, 0.4) is 0 Å². The Morgan fingerprint density at radius 2 is 2.28 bits per heavy atom. The van der Waals surface area contributed by atoms with Gasteiger partial charge in [0.15, 0.2) is 0 Å². The summed E-state index contributed by atoms with van der Waals surface area (Å²) in [6.45, 7) is 0.938. The van der Waals surface area contributed by atoms with E-state index in [1.165, 1.54) is 18.2 Å². The summed E-state index contributed by atoms with van der Waals surface area (Å²) in [6, 6.07) is 4.04. The van der Waals surface area contributed by atoms with Gasteiger partial charge < -0.3 is 5.32 Å². The second-order valence-electron chi connectivity index (χ2n) is 3.54. The SMILES string of the molecule is [N-]=[N+]=NCCCCNC(=O)c1ccc(F)cc1I. The van der Waals surface area contributed by atoms with Crippen LogP contribution in [0.4, 0.5) is 4.39 Å². The average molecular weight is 362 g/mol. The van der Waals surface area contributed by atoms with Crippen LogP contribution in [0.15, 0.2) is 23.3 Å². The van der Waals surface area contributed by atoms with Crippen molar-refractivity contribution in [1.29, 1.82) is 0 Å². The van der Waals surface area contributed by atoms with Crippen LogP contribution in [0, 0.1) is 9.39 Å². The quantitative estimate of drug-likeness (QED) is 0.272. The maximum Gasteiger partial charge on any atom is 0.252 e. The summed E-state index contributed by atoms with van der Waals surface area (Å²) >= 11 is 1.92. The van der Waals surface area contributed by atoms with Gasteiger partial charge in [0.25, 0.3) is 5.91 Å². The topological polar surface area (TPSA) is 77.9 Å². The van der Waals surface area contributed by atoms with Gasteiger partial charge in [-0.25, -0.2) is 4.39 Å². The third-order valence-corrected chi connectivity index (χ3v) is 3.10. The predicted octanol–water partition coefficient (Wildman–Crippen LogP) is 3.25. The Morgan fingerprint density at radius 1 is 1.50 bits per heavy atom. The fourth-order valence-corrected chi connectivity index (χ4v) is 2.05. The van der Waals surface area contributed by atoms with Gasteiger partial charge in [-0.3, -0.25) is 4.79 Å². The monoisotopic (exact) mass is 362 g/mol. The maximum atomic E-state index is 12.9. The summed E-state index contributed by atoms with van der Waals surface area (Å²) in [5.74, 6) is -0.575. The van der Waals surface area contributed by atoms with Crippen molar-refractivity contribution in [2.75, 3.05) is 13.1 Å². The molecule has 0 saturated carbocycles. The lowest BCUT2D eigenvalue weighted by Crippen LogP contribution is -2.25. The zero-order valence-electron chi connectivity index (χ0n) is 9.57. The molecule has 0 saturated heterocycles. The zero-order chi connectivity index (χ0) is 13.4. The molecule has 0 unspecified atom stereocenters. The van der Waals surface area contributed by atoms with Crippen molar-refractivity contribution in [3.05, 3.63) is 43.6 Å².